The molecule has 0 spiro atoms. The van der Waals surface area contributed by atoms with Crippen molar-refractivity contribution in [2.45, 2.75) is 18.3 Å². The highest BCUT2D eigenvalue weighted by Gasteiger charge is 2.16. The number of fused-ring (bicyclic) bond motifs is 1. The molecule has 0 fully saturated rings. The van der Waals surface area contributed by atoms with E-state index in [1.807, 2.05) is 10.8 Å². The molecule has 0 aliphatic heterocycles. The summed E-state index contributed by atoms with van der Waals surface area (Å²) in [6, 6.07) is 8.33. The van der Waals surface area contributed by atoms with Crippen molar-refractivity contribution in [3.63, 3.8) is 0 Å². The van der Waals surface area contributed by atoms with Crippen LogP contribution in [0.1, 0.15) is 5.56 Å². The van der Waals surface area contributed by atoms with Gasteiger partial charge in [0.1, 0.15) is 4.83 Å². The van der Waals surface area contributed by atoms with E-state index in [1.54, 1.807) is 0 Å². The van der Waals surface area contributed by atoms with Gasteiger partial charge in [-0.25, -0.2) is 0 Å². The zero-order valence-corrected chi connectivity index (χ0v) is 11.4. The van der Waals surface area contributed by atoms with Crippen molar-refractivity contribution in [2.24, 2.45) is 0 Å². The molecule has 2 aromatic rings. The van der Waals surface area contributed by atoms with Gasteiger partial charge >= 0.3 is 5.97 Å². The van der Waals surface area contributed by atoms with E-state index in [9.17, 15) is 4.79 Å². The molecule has 0 saturated heterocycles. The van der Waals surface area contributed by atoms with E-state index in [0.29, 0.717) is 6.54 Å². The first-order valence-electron chi connectivity index (χ1n) is 5.39. The van der Waals surface area contributed by atoms with Gasteiger partial charge in [0, 0.05) is 18.3 Å². The number of nitrogens with zero attached hydrogens (tertiary/aromatic N) is 1. The number of rotatable bonds is 3. The van der Waals surface area contributed by atoms with Crippen molar-refractivity contribution in [2.75, 3.05) is 7.11 Å². The minimum atomic E-state index is -0.315. The Morgan fingerprint density at radius 1 is 1.47 bits per heavy atom. The van der Waals surface area contributed by atoms with Crippen LogP contribution in [-0.4, -0.2) is 22.5 Å². The average Bonchev–Trinajstić information content (AvgIpc) is 2.70. The van der Waals surface area contributed by atoms with E-state index >= 15 is 0 Å². The standard InChI is InChI=1S/C13H14BrNO2/c1-9-3-4-12-10(7-9)5-6-15(12)8-11(14)13(16)17-2/h3-7,11H,8H2,1-2H3. The second-order valence-electron chi connectivity index (χ2n) is 4.02. The highest BCUT2D eigenvalue weighted by molar-refractivity contribution is 9.10. The molecule has 0 aliphatic carbocycles. The Hall–Kier alpha value is -1.29. The Kier molecular flexibility index (Phi) is 3.52. The summed E-state index contributed by atoms with van der Waals surface area (Å²) in [6.07, 6.45) is 1.99. The summed E-state index contributed by atoms with van der Waals surface area (Å²) in [5, 5.41) is 1.19. The fourth-order valence-electron chi connectivity index (χ4n) is 1.85. The molecule has 1 aromatic heterocycles. The first-order chi connectivity index (χ1) is 8.11. The number of carbonyl (C=O) groups is 1. The van der Waals surface area contributed by atoms with E-state index in [4.69, 9.17) is 4.74 Å². The van der Waals surface area contributed by atoms with Gasteiger partial charge in [0.25, 0.3) is 0 Å². The second-order valence-corrected chi connectivity index (χ2v) is 5.13. The largest absolute Gasteiger partial charge is 0.468 e. The van der Waals surface area contributed by atoms with E-state index < -0.39 is 0 Å². The number of carbonyl (C=O) groups excluding carboxylic acids is 1. The van der Waals surface area contributed by atoms with Crippen molar-refractivity contribution >= 4 is 32.8 Å². The van der Waals surface area contributed by atoms with Crippen molar-refractivity contribution < 1.29 is 9.53 Å². The zero-order valence-electron chi connectivity index (χ0n) is 9.81. The highest BCUT2D eigenvalue weighted by Crippen LogP contribution is 2.19. The van der Waals surface area contributed by atoms with Gasteiger partial charge in [0.15, 0.2) is 0 Å². The molecule has 17 heavy (non-hydrogen) atoms. The van der Waals surface area contributed by atoms with Crippen LogP contribution in [0.4, 0.5) is 0 Å². The Labute approximate surface area is 108 Å². The number of alkyl halides is 1. The molecule has 0 bridgehead atoms. The highest BCUT2D eigenvalue weighted by atomic mass is 79.9. The lowest BCUT2D eigenvalue weighted by Gasteiger charge is -2.10. The van der Waals surface area contributed by atoms with Gasteiger partial charge in [0.05, 0.1) is 7.11 Å². The van der Waals surface area contributed by atoms with Gasteiger partial charge in [-0.1, -0.05) is 27.6 Å². The monoisotopic (exact) mass is 295 g/mol. The molecular weight excluding hydrogens is 282 g/mol. The predicted molar refractivity (Wildman–Crippen MR) is 71.4 cm³/mol. The van der Waals surface area contributed by atoms with Crippen LogP contribution in [0.15, 0.2) is 30.5 Å². The summed E-state index contributed by atoms with van der Waals surface area (Å²) < 4.78 is 6.74. The molecule has 0 N–H and O–H groups in total. The number of hydrogen-bond donors (Lipinski definition) is 0. The summed E-state index contributed by atoms with van der Waals surface area (Å²) in [5.74, 6) is -0.251. The minimum Gasteiger partial charge on any atom is -0.468 e. The van der Waals surface area contributed by atoms with Crippen LogP contribution >= 0.6 is 15.9 Å². The second kappa shape index (κ2) is 4.92. The molecule has 1 atom stereocenters. The molecule has 0 radical (unpaired) electrons. The molecule has 1 unspecified atom stereocenters. The van der Waals surface area contributed by atoms with Crippen LogP contribution in [0.25, 0.3) is 10.9 Å². The molecule has 0 amide bonds. The fourth-order valence-corrected chi connectivity index (χ4v) is 2.35. The third-order valence-corrected chi connectivity index (χ3v) is 3.40. The quantitative estimate of drug-likeness (QED) is 0.644. The van der Waals surface area contributed by atoms with Gasteiger partial charge in [-0.2, -0.15) is 0 Å². The third kappa shape index (κ3) is 2.52. The van der Waals surface area contributed by atoms with E-state index in [2.05, 4.69) is 47.1 Å². The number of ether oxygens (including phenoxy) is 1. The van der Waals surface area contributed by atoms with Crippen LogP contribution in [-0.2, 0) is 16.1 Å². The molecule has 3 nitrogen and oxygen atoms in total. The van der Waals surface area contributed by atoms with E-state index in [1.165, 1.54) is 18.1 Å². The Bertz CT molecular complexity index is 547. The summed E-state index contributed by atoms with van der Waals surface area (Å²) in [5.41, 5.74) is 2.36. The number of aromatic nitrogens is 1. The topological polar surface area (TPSA) is 31.2 Å². The Morgan fingerprint density at radius 3 is 2.94 bits per heavy atom. The van der Waals surface area contributed by atoms with Gasteiger partial charge in [-0.15, -0.1) is 0 Å². The van der Waals surface area contributed by atoms with Crippen molar-refractivity contribution in [1.29, 1.82) is 0 Å². The smallest absolute Gasteiger partial charge is 0.321 e. The van der Waals surface area contributed by atoms with Gasteiger partial charge in [-0.05, 0) is 30.5 Å². The van der Waals surface area contributed by atoms with Crippen molar-refractivity contribution in [3.05, 3.63) is 36.0 Å². The van der Waals surface area contributed by atoms with Crippen LogP contribution in [0.3, 0.4) is 0 Å². The number of aryl methyl sites for hydroxylation is 1. The summed E-state index contributed by atoms with van der Waals surface area (Å²) >= 11 is 3.33. The summed E-state index contributed by atoms with van der Waals surface area (Å²) in [7, 11) is 1.40. The van der Waals surface area contributed by atoms with Crippen LogP contribution in [0.5, 0.6) is 0 Å². The number of benzene rings is 1. The maximum atomic E-state index is 11.3. The first kappa shape index (κ1) is 12.2. The summed E-state index contributed by atoms with van der Waals surface area (Å²) in [6.45, 7) is 2.64. The molecule has 2 rings (SSSR count). The molecule has 1 aromatic carbocycles. The molecule has 4 heteroatoms. The van der Waals surface area contributed by atoms with Gasteiger partial charge in [0.2, 0.25) is 0 Å². The molecule has 0 saturated carbocycles. The van der Waals surface area contributed by atoms with Gasteiger partial charge in [-0.3, -0.25) is 4.79 Å². The Balaban J connectivity index is 2.28. The lowest BCUT2D eigenvalue weighted by Crippen LogP contribution is -2.21. The maximum absolute atomic E-state index is 11.3. The lowest BCUT2D eigenvalue weighted by molar-refractivity contribution is -0.140. The first-order valence-corrected chi connectivity index (χ1v) is 6.31. The van der Waals surface area contributed by atoms with E-state index in [-0.39, 0.29) is 10.8 Å². The van der Waals surface area contributed by atoms with Crippen LogP contribution < -0.4 is 0 Å². The molecule has 90 valence electrons. The predicted octanol–water partition coefficient (Wildman–Crippen LogP) is 2.89. The third-order valence-electron chi connectivity index (χ3n) is 2.74. The van der Waals surface area contributed by atoms with E-state index in [0.717, 1.165) is 5.52 Å². The zero-order chi connectivity index (χ0) is 12.4. The minimum absolute atomic E-state index is 0.251. The molecule has 0 aliphatic rings. The average molecular weight is 296 g/mol. The van der Waals surface area contributed by atoms with Gasteiger partial charge < -0.3 is 9.30 Å². The number of hydrogen-bond acceptors (Lipinski definition) is 2. The van der Waals surface area contributed by atoms with Crippen molar-refractivity contribution in [3.8, 4) is 0 Å². The Morgan fingerprint density at radius 2 is 2.24 bits per heavy atom. The molecular formula is C13H14BrNO2. The van der Waals surface area contributed by atoms with Crippen LogP contribution in [0, 0.1) is 6.92 Å². The maximum Gasteiger partial charge on any atom is 0.321 e. The van der Waals surface area contributed by atoms with Crippen molar-refractivity contribution in [1.82, 2.24) is 4.57 Å². The molecule has 1 heterocycles. The lowest BCUT2D eigenvalue weighted by atomic mass is 10.2. The number of esters is 1. The summed E-state index contributed by atoms with van der Waals surface area (Å²) in [4.78, 5) is 11.0. The number of halogens is 1. The SMILES string of the molecule is COC(=O)C(Br)Cn1ccc2cc(C)ccc21. The fraction of sp³-hybridized carbons (Fsp3) is 0.308. The number of methoxy groups -OCH3 is 1. The van der Waals surface area contributed by atoms with Crippen LogP contribution in [0.2, 0.25) is 0 Å². The normalized spacial score (nSPS) is 12.6.